The number of benzene rings is 1. The molecule has 3 fully saturated rings. The first-order valence-electron chi connectivity index (χ1n) is 17.0. The second-order valence-corrected chi connectivity index (χ2v) is 15.7. The Morgan fingerprint density at radius 3 is 2.60 bits per heavy atom. The predicted octanol–water partition coefficient (Wildman–Crippen LogP) is 2.54. The lowest BCUT2D eigenvalue weighted by molar-refractivity contribution is -0.141. The van der Waals surface area contributed by atoms with Gasteiger partial charge in [0.1, 0.15) is 29.4 Å². The number of allylic oxidation sites excluding steroid dienone is 2. The SMILES string of the molecule is C=C[C@@H]1C[C@]1(NC(=O)[C@@H]1C[C@@H]2CN1C(=O)[C@H](C(C)C)NC(=O)OCCC/C=C/Cn1c(cc3ccccc31)C(=O)O2)C(=O)NS(=O)(=O)C1CC1. The van der Waals surface area contributed by atoms with Gasteiger partial charge in [-0.1, -0.05) is 50.3 Å². The van der Waals surface area contributed by atoms with Crippen molar-refractivity contribution in [1.82, 2.24) is 24.8 Å². The summed E-state index contributed by atoms with van der Waals surface area (Å²) in [6.07, 6.45) is 5.70. The fourth-order valence-electron chi connectivity index (χ4n) is 6.71. The first-order chi connectivity index (χ1) is 23.8. The first kappa shape index (κ1) is 35.2. The molecule has 3 N–H and O–H groups in total. The van der Waals surface area contributed by atoms with Gasteiger partial charge in [0.05, 0.1) is 18.4 Å². The van der Waals surface area contributed by atoms with Crippen LogP contribution in [0.1, 0.15) is 62.9 Å². The maximum absolute atomic E-state index is 14.1. The highest BCUT2D eigenvalue weighted by Gasteiger charge is 2.62. The van der Waals surface area contributed by atoms with E-state index in [9.17, 15) is 32.4 Å². The Hall–Kier alpha value is -4.66. The summed E-state index contributed by atoms with van der Waals surface area (Å²) in [4.78, 5) is 69.4. The molecule has 2 aromatic rings. The number of hydrogen-bond donors (Lipinski definition) is 3. The molecule has 4 aliphatic rings. The molecular formula is C35H43N5O9S. The highest BCUT2D eigenvalue weighted by molar-refractivity contribution is 7.91. The van der Waals surface area contributed by atoms with Crippen molar-refractivity contribution in [2.75, 3.05) is 13.2 Å². The van der Waals surface area contributed by atoms with Crippen molar-refractivity contribution in [2.45, 2.75) is 87.9 Å². The average molecular weight is 710 g/mol. The molecule has 0 radical (unpaired) electrons. The van der Waals surface area contributed by atoms with E-state index in [0.29, 0.717) is 37.9 Å². The summed E-state index contributed by atoms with van der Waals surface area (Å²) in [5.41, 5.74) is -0.449. The van der Waals surface area contributed by atoms with E-state index < -0.39 is 80.6 Å². The van der Waals surface area contributed by atoms with Gasteiger partial charge in [0, 0.05) is 29.8 Å². The summed E-state index contributed by atoms with van der Waals surface area (Å²) in [5.74, 6) is -3.78. The highest BCUT2D eigenvalue weighted by Crippen LogP contribution is 2.45. The summed E-state index contributed by atoms with van der Waals surface area (Å²) in [6.45, 7) is 7.53. The molecule has 2 aliphatic carbocycles. The summed E-state index contributed by atoms with van der Waals surface area (Å²) in [5, 5.41) is 5.54. The number of para-hydroxylation sites is 1. The number of sulfonamides is 1. The molecule has 2 bridgehead atoms. The Bertz CT molecular complexity index is 1850. The highest BCUT2D eigenvalue weighted by atomic mass is 32.2. The van der Waals surface area contributed by atoms with E-state index in [1.807, 2.05) is 41.0 Å². The zero-order valence-electron chi connectivity index (χ0n) is 28.1. The minimum absolute atomic E-state index is 0.102. The molecule has 1 saturated heterocycles. The Morgan fingerprint density at radius 1 is 1.14 bits per heavy atom. The summed E-state index contributed by atoms with van der Waals surface area (Å²) in [6, 6.07) is 6.97. The fourth-order valence-corrected chi connectivity index (χ4v) is 8.07. The van der Waals surface area contributed by atoms with Crippen LogP contribution in [0.3, 0.4) is 0 Å². The summed E-state index contributed by atoms with van der Waals surface area (Å²) < 4.78 is 40.5. The number of cyclic esters (lactones) is 1. The number of carbonyl (C=O) groups is 5. The van der Waals surface area contributed by atoms with Crippen LogP contribution in [0.25, 0.3) is 10.9 Å². The second-order valence-electron chi connectivity index (χ2n) is 13.8. The topological polar surface area (TPSA) is 182 Å². The zero-order valence-corrected chi connectivity index (χ0v) is 28.9. The van der Waals surface area contributed by atoms with Crippen molar-refractivity contribution in [3.63, 3.8) is 0 Å². The Balaban J connectivity index is 1.30. The van der Waals surface area contributed by atoms with E-state index in [-0.39, 0.29) is 26.0 Å². The van der Waals surface area contributed by atoms with Crippen LogP contribution >= 0.6 is 0 Å². The van der Waals surface area contributed by atoms with Gasteiger partial charge in [-0.25, -0.2) is 18.0 Å². The van der Waals surface area contributed by atoms with Crippen LogP contribution < -0.4 is 15.4 Å². The van der Waals surface area contributed by atoms with E-state index in [2.05, 4.69) is 21.9 Å². The minimum Gasteiger partial charge on any atom is -0.456 e. The number of esters is 1. The lowest BCUT2D eigenvalue weighted by Gasteiger charge is -2.31. The Kier molecular flexibility index (Phi) is 9.80. The summed E-state index contributed by atoms with van der Waals surface area (Å²) >= 11 is 0. The number of nitrogens with zero attached hydrogens (tertiary/aromatic N) is 2. The van der Waals surface area contributed by atoms with Gasteiger partial charge in [0.2, 0.25) is 21.8 Å². The van der Waals surface area contributed by atoms with Crippen LogP contribution in [0.5, 0.6) is 0 Å². The van der Waals surface area contributed by atoms with Crippen LogP contribution in [-0.2, 0) is 40.4 Å². The van der Waals surface area contributed by atoms with Crippen LogP contribution in [0.15, 0.2) is 55.1 Å². The number of rotatable bonds is 7. The number of hydrogen-bond acceptors (Lipinski definition) is 9. The molecule has 15 heteroatoms. The third-order valence-electron chi connectivity index (χ3n) is 9.80. The third kappa shape index (κ3) is 7.14. The molecule has 1 aromatic heterocycles. The van der Waals surface area contributed by atoms with Gasteiger partial charge < -0.3 is 29.6 Å². The van der Waals surface area contributed by atoms with Gasteiger partial charge in [-0.15, -0.1) is 6.58 Å². The molecule has 2 aliphatic heterocycles. The lowest BCUT2D eigenvalue weighted by Crippen LogP contribution is -2.59. The molecular weight excluding hydrogens is 666 g/mol. The normalized spacial score (nSPS) is 28.4. The van der Waals surface area contributed by atoms with Crippen LogP contribution in [0.4, 0.5) is 4.79 Å². The number of aromatic nitrogens is 1. The first-order valence-corrected chi connectivity index (χ1v) is 18.6. The molecule has 0 unspecified atom stereocenters. The molecule has 5 atom stereocenters. The van der Waals surface area contributed by atoms with Gasteiger partial charge in [-0.2, -0.15) is 0 Å². The molecule has 6 rings (SSSR count). The molecule has 268 valence electrons. The minimum atomic E-state index is -3.91. The largest absolute Gasteiger partial charge is 0.456 e. The Morgan fingerprint density at radius 2 is 1.90 bits per heavy atom. The second kappa shape index (κ2) is 13.9. The van der Waals surface area contributed by atoms with Gasteiger partial charge in [0.15, 0.2) is 0 Å². The molecule has 3 heterocycles. The number of amides is 4. The fraction of sp³-hybridized carbons (Fsp3) is 0.514. The third-order valence-corrected chi connectivity index (χ3v) is 11.6. The molecule has 50 heavy (non-hydrogen) atoms. The van der Waals surface area contributed by atoms with Crippen LogP contribution in [0.2, 0.25) is 0 Å². The number of fused-ring (bicyclic) bond motifs is 5. The number of alkyl carbamates (subject to hydrolysis) is 1. The average Bonchev–Trinajstić information content (AvgIpc) is 3.98. The van der Waals surface area contributed by atoms with E-state index in [1.54, 1.807) is 19.9 Å². The van der Waals surface area contributed by atoms with Crippen molar-refractivity contribution < 1.29 is 41.9 Å². The zero-order chi connectivity index (χ0) is 35.8. The molecule has 0 spiro atoms. The quantitative estimate of drug-likeness (QED) is 0.288. The van der Waals surface area contributed by atoms with Crippen molar-refractivity contribution in [2.24, 2.45) is 11.8 Å². The predicted molar refractivity (Wildman–Crippen MR) is 182 cm³/mol. The van der Waals surface area contributed by atoms with Crippen molar-refractivity contribution >= 4 is 50.7 Å². The molecule has 1 aromatic carbocycles. The van der Waals surface area contributed by atoms with E-state index in [0.717, 1.165) is 10.9 Å². The maximum atomic E-state index is 14.1. The number of nitrogens with one attached hydrogen (secondary N) is 3. The summed E-state index contributed by atoms with van der Waals surface area (Å²) in [7, 11) is -3.91. The van der Waals surface area contributed by atoms with Crippen LogP contribution in [0, 0.1) is 11.8 Å². The van der Waals surface area contributed by atoms with Gasteiger partial charge in [-0.05, 0) is 50.2 Å². The van der Waals surface area contributed by atoms with Gasteiger partial charge >= 0.3 is 12.1 Å². The molecule has 14 nitrogen and oxygen atoms in total. The molecule has 4 amide bonds. The van der Waals surface area contributed by atoms with E-state index in [1.165, 1.54) is 11.0 Å². The van der Waals surface area contributed by atoms with Gasteiger partial charge in [-0.3, -0.25) is 19.1 Å². The van der Waals surface area contributed by atoms with E-state index in [4.69, 9.17) is 9.47 Å². The van der Waals surface area contributed by atoms with E-state index >= 15 is 0 Å². The standard InChI is InChI=1S/C35H43N5O9S/c1-4-23-19-35(23,33(44)38-50(46,47)25-13-14-25)37-30(41)27-18-24-20-40(27)31(42)29(21(2)3)36-34(45)48-16-10-6-5-9-15-39-26-12-8-7-11-22(26)17-28(39)32(43)49-24/h4-5,7-9,11-12,17,21,23-25,27,29H,1,6,10,13-16,18-20H2,2-3H3,(H,36,45)(H,37,41)(H,38,44)/b9-5+/t23-,24-,27+,29+,35-/m1/s1. The van der Waals surface area contributed by atoms with Gasteiger partial charge in [0.25, 0.3) is 5.91 Å². The van der Waals surface area contributed by atoms with Crippen LogP contribution in [-0.4, -0.2) is 89.8 Å². The maximum Gasteiger partial charge on any atom is 0.407 e. The van der Waals surface area contributed by atoms with Crippen molar-refractivity contribution in [3.8, 4) is 0 Å². The van der Waals surface area contributed by atoms with Crippen molar-refractivity contribution in [3.05, 3.63) is 60.8 Å². The monoisotopic (exact) mass is 709 g/mol. The lowest BCUT2D eigenvalue weighted by atomic mass is 10.0. The number of ether oxygens (including phenoxy) is 2. The molecule has 2 saturated carbocycles. The number of carbonyl (C=O) groups excluding carboxylic acids is 5. The van der Waals surface area contributed by atoms with Crippen molar-refractivity contribution in [1.29, 1.82) is 0 Å². The Labute approximate surface area is 290 Å². The smallest absolute Gasteiger partial charge is 0.407 e.